The Kier molecular flexibility index (Phi) is 5.80. The van der Waals surface area contributed by atoms with Gasteiger partial charge >= 0.3 is 0 Å². The summed E-state index contributed by atoms with van der Waals surface area (Å²) >= 11 is 0. The highest BCUT2D eigenvalue weighted by Gasteiger charge is 2.19. The van der Waals surface area contributed by atoms with Gasteiger partial charge in [-0.3, -0.25) is 0 Å². The largest absolute Gasteiger partial charge is 0.0775 e. The van der Waals surface area contributed by atoms with E-state index in [9.17, 15) is 0 Å². The third-order valence-corrected chi connectivity index (χ3v) is 9.89. The highest BCUT2D eigenvalue weighted by Crippen LogP contribution is 2.39. The molecule has 3 aromatic rings. The van der Waals surface area contributed by atoms with Crippen LogP contribution in [-0.4, -0.2) is 8.07 Å². The first-order chi connectivity index (χ1) is 12.4. The van der Waals surface area contributed by atoms with Gasteiger partial charge in [-0.15, -0.1) is 0 Å². The molecule has 0 aliphatic carbocycles. The van der Waals surface area contributed by atoms with E-state index in [4.69, 9.17) is 0 Å². The molecule has 0 heterocycles. The number of hydrogen-bond donors (Lipinski definition) is 0. The Balaban J connectivity index is 2.00. The lowest BCUT2D eigenvalue weighted by Crippen LogP contribution is -2.37. The van der Waals surface area contributed by atoms with Gasteiger partial charge in [0.15, 0.2) is 0 Å². The molecule has 134 valence electrons. The Morgan fingerprint density at radius 2 is 1.12 bits per heavy atom. The molecular formula is C24H29PSi. The van der Waals surface area contributed by atoms with E-state index in [1.54, 1.807) is 0 Å². The van der Waals surface area contributed by atoms with Gasteiger partial charge in [0.25, 0.3) is 0 Å². The number of rotatable bonds is 5. The fraction of sp³-hybridized carbons (Fsp3) is 0.250. The molecule has 0 fully saturated rings. The molecular weight excluding hydrogens is 347 g/mol. The van der Waals surface area contributed by atoms with Gasteiger partial charge in [0.1, 0.15) is 0 Å². The molecule has 3 rings (SSSR count). The van der Waals surface area contributed by atoms with Gasteiger partial charge in [0.2, 0.25) is 0 Å². The molecule has 0 aliphatic heterocycles. The summed E-state index contributed by atoms with van der Waals surface area (Å²) in [5.74, 6) is 0. The molecule has 0 aromatic heterocycles. The van der Waals surface area contributed by atoms with Crippen molar-refractivity contribution in [3.8, 4) is 0 Å². The third kappa shape index (κ3) is 4.34. The number of aryl methyl sites for hydroxylation is 2. The van der Waals surface area contributed by atoms with Crippen molar-refractivity contribution in [3.63, 3.8) is 0 Å². The standard InChI is InChI=1S/C24H29PSi/c1-19-10-6-8-12-23(19)25(24-13-9-7-11-20(24)2)18-21-14-16-22(17-15-21)26(3,4)5/h6-17H,18H2,1-5H3. The number of benzene rings is 3. The summed E-state index contributed by atoms with van der Waals surface area (Å²) in [5, 5.41) is 4.55. The topological polar surface area (TPSA) is 0 Å². The zero-order valence-corrected chi connectivity index (χ0v) is 18.5. The molecule has 0 unspecified atom stereocenters. The van der Waals surface area contributed by atoms with Crippen LogP contribution in [0.1, 0.15) is 16.7 Å². The quantitative estimate of drug-likeness (QED) is 0.408. The van der Waals surface area contributed by atoms with Gasteiger partial charge in [0, 0.05) is 6.16 Å². The second-order valence-electron chi connectivity index (χ2n) is 8.11. The van der Waals surface area contributed by atoms with Gasteiger partial charge in [0.05, 0.1) is 8.07 Å². The molecule has 0 saturated heterocycles. The highest BCUT2D eigenvalue weighted by atomic mass is 31.1. The Morgan fingerprint density at radius 1 is 0.654 bits per heavy atom. The van der Waals surface area contributed by atoms with Crippen molar-refractivity contribution in [1.82, 2.24) is 0 Å². The van der Waals surface area contributed by atoms with Crippen molar-refractivity contribution in [3.05, 3.63) is 89.5 Å². The fourth-order valence-electron chi connectivity index (χ4n) is 3.33. The summed E-state index contributed by atoms with van der Waals surface area (Å²) in [6.07, 6.45) is 1.11. The second-order valence-corrected chi connectivity index (χ2v) is 15.3. The van der Waals surface area contributed by atoms with E-state index < -0.39 is 16.0 Å². The molecule has 0 aliphatic rings. The lowest BCUT2D eigenvalue weighted by atomic mass is 10.2. The number of hydrogen-bond acceptors (Lipinski definition) is 0. The maximum absolute atomic E-state index is 2.41. The van der Waals surface area contributed by atoms with Crippen LogP contribution in [0.5, 0.6) is 0 Å². The highest BCUT2D eigenvalue weighted by molar-refractivity contribution is 7.72. The summed E-state index contributed by atoms with van der Waals surface area (Å²) in [6, 6.07) is 27.3. The predicted molar refractivity (Wildman–Crippen MR) is 122 cm³/mol. The molecule has 3 aromatic carbocycles. The predicted octanol–water partition coefficient (Wildman–Crippen LogP) is 5.48. The van der Waals surface area contributed by atoms with Crippen molar-refractivity contribution >= 4 is 31.8 Å². The van der Waals surface area contributed by atoms with E-state index in [2.05, 4.69) is 106 Å². The van der Waals surface area contributed by atoms with Crippen LogP contribution >= 0.6 is 7.92 Å². The molecule has 0 amide bonds. The lowest BCUT2D eigenvalue weighted by molar-refractivity contribution is 1.40. The van der Waals surface area contributed by atoms with Crippen LogP contribution in [-0.2, 0) is 6.16 Å². The van der Waals surface area contributed by atoms with Crippen LogP contribution in [0, 0.1) is 13.8 Å². The molecule has 2 heteroatoms. The molecule has 0 atom stereocenters. The van der Waals surface area contributed by atoms with Crippen molar-refractivity contribution < 1.29 is 0 Å². The summed E-state index contributed by atoms with van der Waals surface area (Å²) in [7, 11) is -1.63. The van der Waals surface area contributed by atoms with Crippen molar-refractivity contribution in [2.75, 3.05) is 0 Å². The Hall–Kier alpha value is -1.69. The van der Waals surface area contributed by atoms with Gasteiger partial charge in [-0.2, -0.15) is 0 Å². The van der Waals surface area contributed by atoms with E-state index in [1.807, 2.05) is 0 Å². The molecule has 0 spiro atoms. The smallest absolute Gasteiger partial charge is 0.0656 e. The Morgan fingerprint density at radius 3 is 1.54 bits per heavy atom. The first-order valence-electron chi connectivity index (χ1n) is 9.34. The molecule has 0 nitrogen and oxygen atoms in total. The first kappa shape index (κ1) is 19.1. The molecule has 0 bridgehead atoms. The van der Waals surface area contributed by atoms with Crippen molar-refractivity contribution in [2.24, 2.45) is 0 Å². The molecule has 0 N–H and O–H groups in total. The Labute approximate surface area is 161 Å². The molecule has 26 heavy (non-hydrogen) atoms. The minimum atomic E-state index is -1.24. The monoisotopic (exact) mass is 376 g/mol. The normalized spacial score (nSPS) is 11.8. The Bertz CT molecular complexity index is 830. The van der Waals surface area contributed by atoms with Gasteiger partial charge in [-0.25, -0.2) is 0 Å². The van der Waals surface area contributed by atoms with E-state index in [-0.39, 0.29) is 0 Å². The minimum Gasteiger partial charge on any atom is -0.0656 e. The average molecular weight is 377 g/mol. The van der Waals surface area contributed by atoms with E-state index in [0.29, 0.717) is 0 Å². The van der Waals surface area contributed by atoms with Crippen LogP contribution in [0.15, 0.2) is 72.8 Å². The second kappa shape index (κ2) is 7.90. The minimum absolute atomic E-state index is 0.395. The van der Waals surface area contributed by atoms with E-state index in [0.717, 1.165) is 6.16 Å². The zero-order valence-electron chi connectivity index (χ0n) is 16.6. The maximum Gasteiger partial charge on any atom is 0.0775 e. The van der Waals surface area contributed by atoms with Crippen LogP contribution < -0.4 is 15.8 Å². The molecule has 0 saturated carbocycles. The SMILES string of the molecule is Cc1ccccc1P(Cc1ccc([Si](C)(C)C)cc1)c1ccccc1C. The average Bonchev–Trinajstić information content (AvgIpc) is 2.61. The first-order valence-corrected chi connectivity index (χ1v) is 14.4. The zero-order chi connectivity index (χ0) is 18.7. The van der Waals surface area contributed by atoms with Gasteiger partial charge in [-0.05, 0) is 49.1 Å². The lowest BCUT2D eigenvalue weighted by Gasteiger charge is -2.23. The van der Waals surface area contributed by atoms with E-state index in [1.165, 1.54) is 32.5 Å². The van der Waals surface area contributed by atoms with Gasteiger partial charge < -0.3 is 0 Å². The van der Waals surface area contributed by atoms with Crippen LogP contribution in [0.3, 0.4) is 0 Å². The van der Waals surface area contributed by atoms with Gasteiger partial charge in [-0.1, -0.05) is 97.6 Å². The summed E-state index contributed by atoms with van der Waals surface area (Å²) in [4.78, 5) is 0. The fourth-order valence-corrected chi connectivity index (χ4v) is 7.20. The summed E-state index contributed by atoms with van der Waals surface area (Å²) < 4.78 is 0. The van der Waals surface area contributed by atoms with Crippen molar-refractivity contribution in [2.45, 2.75) is 39.7 Å². The van der Waals surface area contributed by atoms with Crippen molar-refractivity contribution in [1.29, 1.82) is 0 Å². The maximum atomic E-state index is 2.41. The summed E-state index contributed by atoms with van der Waals surface area (Å²) in [6.45, 7) is 11.7. The third-order valence-electron chi connectivity index (χ3n) is 4.97. The van der Waals surface area contributed by atoms with Crippen LogP contribution in [0.4, 0.5) is 0 Å². The molecule has 0 radical (unpaired) electrons. The van der Waals surface area contributed by atoms with Crippen LogP contribution in [0.2, 0.25) is 19.6 Å². The van der Waals surface area contributed by atoms with E-state index >= 15 is 0 Å². The van der Waals surface area contributed by atoms with Crippen LogP contribution in [0.25, 0.3) is 0 Å². The summed E-state index contributed by atoms with van der Waals surface area (Å²) in [5.41, 5.74) is 4.26.